The van der Waals surface area contributed by atoms with Crippen LogP contribution < -0.4 is 0 Å². The van der Waals surface area contributed by atoms with Gasteiger partial charge in [-0.25, -0.2) is 0 Å². The number of aromatic hydroxyl groups is 1. The SMILES string of the molecule is CC(=O)C1=C(O)[C@]2(O)C(=O)C3=C(O)c4c(O)ccc(-c5ccc6c(c5)CCC6)c4C[C@]3(C)C[C@]2(C)C(C(C)C)C1=O. The van der Waals surface area contributed by atoms with Gasteiger partial charge in [0.1, 0.15) is 22.8 Å². The predicted octanol–water partition coefficient (Wildman–Crippen LogP) is 5.35. The third-order valence-electron chi connectivity index (χ3n) is 10.3. The number of phenols is 1. The Morgan fingerprint density at radius 1 is 1.00 bits per heavy atom. The molecule has 0 heterocycles. The Morgan fingerprint density at radius 2 is 1.68 bits per heavy atom. The number of hydrogen-bond donors (Lipinski definition) is 4. The molecule has 0 saturated heterocycles. The van der Waals surface area contributed by atoms with Crippen molar-refractivity contribution >= 4 is 23.1 Å². The smallest absolute Gasteiger partial charge is 0.203 e. The fourth-order valence-electron chi connectivity index (χ4n) is 8.73. The second-order valence-corrected chi connectivity index (χ2v) is 13.3. The molecule has 0 spiro atoms. The fraction of sp³-hybridized carbons (Fsp3) is 0.441. The molecule has 41 heavy (non-hydrogen) atoms. The van der Waals surface area contributed by atoms with Crippen LogP contribution in [0.15, 0.2) is 47.2 Å². The molecular formula is C34H36O7. The van der Waals surface area contributed by atoms with Crippen molar-refractivity contribution in [3.63, 3.8) is 0 Å². The van der Waals surface area contributed by atoms with Gasteiger partial charge in [-0.05, 0) is 78.8 Å². The van der Waals surface area contributed by atoms with Gasteiger partial charge < -0.3 is 20.4 Å². The maximum absolute atomic E-state index is 14.4. The highest BCUT2D eigenvalue weighted by Crippen LogP contribution is 2.65. The molecule has 0 radical (unpaired) electrons. The van der Waals surface area contributed by atoms with Gasteiger partial charge in [0.05, 0.1) is 5.56 Å². The van der Waals surface area contributed by atoms with Crippen LogP contribution in [-0.4, -0.2) is 43.4 Å². The fourth-order valence-corrected chi connectivity index (χ4v) is 8.73. The predicted molar refractivity (Wildman–Crippen MR) is 153 cm³/mol. The van der Waals surface area contributed by atoms with E-state index in [1.54, 1.807) is 20.8 Å². The van der Waals surface area contributed by atoms with Crippen molar-refractivity contribution in [3.8, 4) is 16.9 Å². The first-order valence-corrected chi connectivity index (χ1v) is 14.3. The number of aliphatic hydroxyl groups excluding tert-OH is 2. The third kappa shape index (κ3) is 3.38. The Kier molecular flexibility index (Phi) is 5.79. The molecule has 0 aliphatic heterocycles. The highest BCUT2D eigenvalue weighted by Gasteiger charge is 2.72. The lowest BCUT2D eigenvalue weighted by Crippen LogP contribution is -2.69. The van der Waals surface area contributed by atoms with Crippen molar-refractivity contribution in [2.24, 2.45) is 22.7 Å². The molecule has 4 N–H and O–H groups in total. The summed E-state index contributed by atoms with van der Waals surface area (Å²) in [6.07, 6.45) is 3.46. The second-order valence-electron chi connectivity index (χ2n) is 13.3. The van der Waals surface area contributed by atoms with Crippen LogP contribution in [0.1, 0.15) is 69.7 Å². The highest BCUT2D eigenvalue weighted by molar-refractivity contribution is 6.24. The summed E-state index contributed by atoms with van der Waals surface area (Å²) in [6.45, 7) is 8.16. The molecule has 214 valence electrons. The number of allylic oxidation sites excluding steroid dienone is 1. The minimum Gasteiger partial charge on any atom is -0.508 e. The van der Waals surface area contributed by atoms with E-state index in [9.17, 15) is 34.8 Å². The number of rotatable bonds is 3. The van der Waals surface area contributed by atoms with Gasteiger partial charge in [-0.15, -0.1) is 0 Å². The van der Waals surface area contributed by atoms with E-state index in [0.717, 1.165) is 37.3 Å². The molecule has 6 rings (SSSR count). The maximum atomic E-state index is 14.4. The van der Waals surface area contributed by atoms with Crippen LogP contribution in [0.5, 0.6) is 5.75 Å². The third-order valence-corrected chi connectivity index (χ3v) is 10.3. The summed E-state index contributed by atoms with van der Waals surface area (Å²) in [5.41, 5.74) is -0.620. The first kappa shape index (κ1) is 27.5. The van der Waals surface area contributed by atoms with Crippen molar-refractivity contribution in [3.05, 3.63) is 69.5 Å². The lowest BCUT2D eigenvalue weighted by Gasteiger charge is -2.59. The molecule has 2 aromatic carbocycles. The summed E-state index contributed by atoms with van der Waals surface area (Å²) in [4.78, 5) is 40.6. The van der Waals surface area contributed by atoms with E-state index in [-0.39, 0.29) is 35.6 Å². The number of aliphatic hydroxyl groups is 3. The Bertz CT molecular complexity index is 1640. The molecular weight excluding hydrogens is 520 g/mol. The quantitative estimate of drug-likeness (QED) is 0.375. The summed E-state index contributed by atoms with van der Waals surface area (Å²) in [6, 6.07) is 9.63. The summed E-state index contributed by atoms with van der Waals surface area (Å²) in [7, 11) is 0. The Balaban J connectivity index is 1.61. The van der Waals surface area contributed by atoms with Gasteiger partial charge in [0.2, 0.25) is 5.78 Å². The topological polar surface area (TPSA) is 132 Å². The van der Waals surface area contributed by atoms with Gasteiger partial charge in [0.15, 0.2) is 17.2 Å². The minimum atomic E-state index is -2.61. The molecule has 4 aliphatic carbocycles. The molecule has 0 aromatic heterocycles. The van der Waals surface area contributed by atoms with Crippen LogP contribution >= 0.6 is 0 Å². The van der Waals surface area contributed by atoms with Crippen molar-refractivity contribution < 1.29 is 34.8 Å². The Hall–Kier alpha value is -3.71. The van der Waals surface area contributed by atoms with E-state index in [2.05, 4.69) is 12.1 Å². The number of benzene rings is 2. The summed E-state index contributed by atoms with van der Waals surface area (Å²) in [5.74, 6) is -5.18. The maximum Gasteiger partial charge on any atom is 0.203 e. The number of ketones is 3. The summed E-state index contributed by atoms with van der Waals surface area (Å²) < 4.78 is 0. The monoisotopic (exact) mass is 556 g/mol. The number of phenolic OH excluding ortho intramolecular Hbond substituents is 1. The highest BCUT2D eigenvalue weighted by atomic mass is 16.3. The van der Waals surface area contributed by atoms with Crippen molar-refractivity contribution in [1.29, 1.82) is 0 Å². The second kappa shape index (κ2) is 8.65. The number of hydrogen-bond acceptors (Lipinski definition) is 7. The van der Waals surface area contributed by atoms with E-state index in [1.807, 2.05) is 19.1 Å². The van der Waals surface area contributed by atoms with E-state index >= 15 is 0 Å². The van der Waals surface area contributed by atoms with Crippen molar-refractivity contribution in [2.45, 2.75) is 72.3 Å². The minimum absolute atomic E-state index is 0.0736. The number of carbonyl (C=O) groups is 3. The molecule has 7 heteroatoms. The van der Waals surface area contributed by atoms with Crippen LogP contribution in [-0.2, 0) is 33.6 Å². The standard InChI is InChI=1S/C34H36O7/c1-16(2)26-28(37)24(17(3)35)30(39)34(41)31(40)27-29(38)25-22(14-32(27,4)15-33(26,34)5)21(11-12-23(25)36)20-10-9-18-7-6-8-19(18)13-20/h9-13,16,26,36,38-39,41H,6-8,14-15H2,1-5H3/t26?,32-,33-,34+/m1/s1. The van der Waals surface area contributed by atoms with E-state index < -0.39 is 56.8 Å². The number of carbonyl (C=O) groups excluding carboxylic acids is 3. The van der Waals surface area contributed by atoms with E-state index in [4.69, 9.17) is 0 Å². The number of aryl methyl sites for hydroxylation is 2. The molecule has 7 nitrogen and oxygen atoms in total. The molecule has 0 amide bonds. The lowest BCUT2D eigenvalue weighted by atomic mass is 9.43. The summed E-state index contributed by atoms with van der Waals surface area (Å²) >= 11 is 0. The van der Waals surface area contributed by atoms with Crippen LogP contribution in [0.25, 0.3) is 16.9 Å². The zero-order chi connectivity index (χ0) is 29.8. The van der Waals surface area contributed by atoms with Gasteiger partial charge >= 0.3 is 0 Å². The molecule has 1 unspecified atom stereocenters. The lowest BCUT2D eigenvalue weighted by molar-refractivity contribution is -0.178. The van der Waals surface area contributed by atoms with Crippen molar-refractivity contribution in [2.75, 3.05) is 0 Å². The Labute approximate surface area is 239 Å². The molecule has 4 aliphatic rings. The van der Waals surface area contributed by atoms with Gasteiger partial charge in [-0.3, -0.25) is 14.4 Å². The van der Waals surface area contributed by atoms with Crippen LogP contribution in [0.4, 0.5) is 0 Å². The number of fused-ring (bicyclic) bond motifs is 4. The van der Waals surface area contributed by atoms with Gasteiger partial charge in [0.25, 0.3) is 0 Å². The first-order chi connectivity index (χ1) is 19.2. The largest absolute Gasteiger partial charge is 0.508 e. The molecule has 0 bridgehead atoms. The zero-order valence-corrected chi connectivity index (χ0v) is 24.1. The summed E-state index contributed by atoms with van der Waals surface area (Å²) in [5, 5.41) is 46.2. The zero-order valence-electron chi connectivity index (χ0n) is 24.1. The number of Topliss-reactive ketones (excluding diaryl/α,β-unsaturated/α-hetero) is 3. The molecule has 4 atom stereocenters. The van der Waals surface area contributed by atoms with Crippen LogP contribution in [0.3, 0.4) is 0 Å². The van der Waals surface area contributed by atoms with Crippen LogP contribution in [0.2, 0.25) is 0 Å². The van der Waals surface area contributed by atoms with Gasteiger partial charge in [-0.2, -0.15) is 0 Å². The van der Waals surface area contributed by atoms with E-state index in [0.29, 0.717) is 5.56 Å². The molecule has 2 aromatic rings. The first-order valence-electron chi connectivity index (χ1n) is 14.3. The average Bonchev–Trinajstić information content (AvgIpc) is 3.34. The van der Waals surface area contributed by atoms with Gasteiger partial charge in [-0.1, -0.05) is 52.0 Å². The normalized spacial score (nSPS) is 30.8. The molecule has 1 fully saturated rings. The van der Waals surface area contributed by atoms with Gasteiger partial charge in [0, 0.05) is 22.3 Å². The molecule has 1 saturated carbocycles. The average molecular weight is 557 g/mol. The van der Waals surface area contributed by atoms with Crippen molar-refractivity contribution in [1.82, 2.24) is 0 Å². The van der Waals surface area contributed by atoms with E-state index in [1.165, 1.54) is 17.2 Å². The van der Waals surface area contributed by atoms with Crippen LogP contribution in [0, 0.1) is 22.7 Å². The Morgan fingerprint density at radius 3 is 2.34 bits per heavy atom.